The van der Waals surface area contributed by atoms with Gasteiger partial charge in [-0.3, -0.25) is 10.00 Å². The van der Waals surface area contributed by atoms with Crippen molar-refractivity contribution < 1.29 is 14.3 Å². The van der Waals surface area contributed by atoms with Crippen LogP contribution in [0.5, 0.6) is 11.6 Å². The molecule has 1 aliphatic rings. The normalized spacial score (nSPS) is 15.4. The number of amides is 1. The largest absolute Gasteiger partial charge is 0.467 e. The summed E-state index contributed by atoms with van der Waals surface area (Å²) in [5.74, 6) is 0.636. The van der Waals surface area contributed by atoms with Crippen molar-refractivity contribution in [1.29, 1.82) is 5.26 Å². The number of carbonyl (C=O) groups is 1. The lowest BCUT2D eigenvalue weighted by Crippen LogP contribution is -2.20. The molecule has 146 valence electrons. The topological polar surface area (TPSA) is 141 Å². The predicted octanol–water partition coefficient (Wildman–Crippen LogP) is 2.70. The highest BCUT2D eigenvalue weighted by Gasteiger charge is 2.26. The lowest BCUT2D eigenvalue weighted by Gasteiger charge is -2.20. The molecule has 3 heterocycles. The standard InChI is InChI=1S/C19H17N7O3/c1-9-4-5-14-11(6-9)10(2)28-18-16(21)22-8-12(23-18)15-13(7-20)26(3)25-17(15)24-19(27)29-14/h4-6,8,10H,1-3H3,(H2,21,22)(H,24,25,27)/t10-/m1/s1. The molecule has 0 saturated carbocycles. The van der Waals surface area contributed by atoms with Gasteiger partial charge in [0.05, 0.1) is 17.5 Å². The third kappa shape index (κ3) is 3.19. The van der Waals surface area contributed by atoms with Crippen LogP contribution in [0.25, 0.3) is 11.3 Å². The molecular formula is C19H17N7O3. The summed E-state index contributed by atoms with van der Waals surface area (Å²) in [7, 11) is 1.58. The number of nitrogens with zero attached hydrogens (tertiary/aromatic N) is 5. The second kappa shape index (κ2) is 6.79. The Balaban J connectivity index is 1.94. The second-order valence-electron chi connectivity index (χ2n) is 6.57. The number of nitrogens with one attached hydrogen (secondary N) is 1. The Morgan fingerprint density at radius 3 is 2.93 bits per heavy atom. The van der Waals surface area contributed by atoms with Gasteiger partial charge in [-0.2, -0.15) is 10.4 Å². The van der Waals surface area contributed by atoms with E-state index in [0.717, 1.165) is 5.56 Å². The van der Waals surface area contributed by atoms with Gasteiger partial charge in [-0.1, -0.05) is 11.6 Å². The van der Waals surface area contributed by atoms with Crippen molar-refractivity contribution in [2.45, 2.75) is 20.0 Å². The summed E-state index contributed by atoms with van der Waals surface area (Å²) in [4.78, 5) is 21.1. The molecule has 0 radical (unpaired) electrons. The molecule has 1 atom stereocenters. The SMILES string of the molecule is Cc1ccc2c(c1)[C@@H](C)Oc1nc(cnc1N)-c1c(nn(C)c1C#N)NC(=O)O2. The van der Waals surface area contributed by atoms with E-state index in [2.05, 4.69) is 26.5 Å². The first kappa shape index (κ1) is 18.2. The van der Waals surface area contributed by atoms with Crippen LogP contribution in [0.2, 0.25) is 0 Å². The number of anilines is 2. The van der Waals surface area contributed by atoms with Crippen LogP contribution in [-0.4, -0.2) is 25.8 Å². The summed E-state index contributed by atoms with van der Waals surface area (Å²) >= 11 is 0. The van der Waals surface area contributed by atoms with Crippen molar-refractivity contribution in [2.75, 3.05) is 11.1 Å². The maximum Gasteiger partial charge on any atom is 0.418 e. The molecule has 3 N–H and O–H groups in total. The molecule has 2 bridgehead atoms. The van der Waals surface area contributed by atoms with Gasteiger partial charge in [0, 0.05) is 12.6 Å². The zero-order chi connectivity index (χ0) is 20.7. The van der Waals surface area contributed by atoms with Crippen molar-refractivity contribution in [1.82, 2.24) is 19.7 Å². The van der Waals surface area contributed by atoms with E-state index >= 15 is 0 Å². The molecule has 1 aliphatic heterocycles. The number of benzene rings is 1. The molecule has 0 spiro atoms. The van der Waals surface area contributed by atoms with Gasteiger partial charge in [0.1, 0.15) is 23.6 Å². The van der Waals surface area contributed by atoms with Gasteiger partial charge in [0.25, 0.3) is 5.88 Å². The van der Waals surface area contributed by atoms with E-state index in [9.17, 15) is 10.1 Å². The van der Waals surface area contributed by atoms with Crippen molar-refractivity contribution in [3.05, 3.63) is 41.2 Å². The summed E-state index contributed by atoms with van der Waals surface area (Å²) < 4.78 is 12.8. The lowest BCUT2D eigenvalue weighted by atomic mass is 10.1. The molecule has 2 aromatic heterocycles. The number of aromatic nitrogens is 4. The summed E-state index contributed by atoms with van der Waals surface area (Å²) in [5.41, 5.74) is 8.33. The quantitative estimate of drug-likeness (QED) is 0.596. The van der Waals surface area contributed by atoms with Crippen LogP contribution < -0.4 is 20.5 Å². The number of fused-ring (bicyclic) bond motifs is 5. The van der Waals surface area contributed by atoms with Gasteiger partial charge in [0.2, 0.25) is 0 Å². The van der Waals surface area contributed by atoms with Gasteiger partial charge in [-0.25, -0.2) is 14.8 Å². The Hall–Kier alpha value is -4.13. The highest BCUT2D eigenvalue weighted by Crippen LogP contribution is 2.35. The number of hydrogen-bond donors (Lipinski definition) is 2. The maximum absolute atomic E-state index is 12.5. The fourth-order valence-electron chi connectivity index (χ4n) is 3.10. The Kier molecular flexibility index (Phi) is 4.27. The number of nitrogen functional groups attached to an aromatic ring is 1. The van der Waals surface area contributed by atoms with E-state index in [1.807, 2.05) is 19.1 Å². The molecule has 1 aromatic carbocycles. The molecule has 10 nitrogen and oxygen atoms in total. The van der Waals surface area contributed by atoms with Crippen molar-refractivity contribution in [3.63, 3.8) is 0 Å². The van der Waals surface area contributed by atoms with Crippen LogP contribution in [0.1, 0.15) is 29.8 Å². The Morgan fingerprint density at radius 1 is 1.38 bits per heavy atom. The van der Waals surface area contributed by atoms with Crippen LogP contribution >= 0.6 is 0 Å². The van der Waals surface area contributed by atoms with Crippen LogP contribution in [0.15, 0.2) is 24.4 Å². The predicted molar refractivity (Wildman–Crippen MR) is 103 cm³/mol. The smallest absolute Gasteiger partial charge is 0.418 e. The van der Waals surface area contributed by atoms with Crippen molar-refractivity contribution in [2.24, 2.45) is 7.05 Å². The first-order valence-electron chi connectivity index (χ1n) is 8.73. The number of carbonyl (C=O) groups excluding carboxylic acids is 1. The molecule has 4 rings (SSSR count). The molecule has 10 heteroatoms. The molecule has 0 fully saturated rings. The fraction of sp³-hybridized carbons (Fsp3) is 0.211. The zero-order valence-corrected chi connectivity index (χ0v) is 15.9. The highest BCUT2D eigenvalue weighted by atomic mass is 16.6. The molecule has 1 amide bonds. The fourth-order valence-corrected chi connectivity index (χ4v) is 3.10. The average molecular weight is 391 g/mol. The number of aryl methyl sites for hydroxylation is 2. The molecule has 29 heavy (non-hydrogen) atoms. The number of rotatable bonds is 0. The van der Waals surface area contributed by atoms with Crippen LogP contribution in [0.4, 0.5) is 16.4 Å². The number of ether oxygens (including phenoxy) is 2. The van der Waals surface area contributed by atoms with Crippen LogP contribution in [0, 0.1) is 18.3 Å². The van der Waals surface area contributed by atoms with Gasteiger partial charge in [-0.15, -0.1) is 0 Å². The van der Waals surface area contributed by atoms with Crippen LogP contribution in [-0.2, 0) is 7.05 Å². The lowest BCUT2D eigenvalue weighted by molar-refractivity contribution is 0.202. The minimum Gasteiger partial charge on any atom is -0.467 e. The first-order valence-corrected chi connectivity index (χ1v) is 8.73. The average Bonchev–Trinajstić information content (AvgIpc) is 2.98. The molecule has 0 unspecified atom stereocenters. The van der Waals surface area contributed by atoms with E-state index in [0.29, 0.717) is 16.9 Å². The number of nitrogens with two attached hydrogens (primary N) is 1. The summed E-state index contributed by atoms with van der Waals surface area (Å²) in [5, 5.41) is 16.3. The third-order valence-corrected chi connectivity index (χ3v) is 4.49. The van der Waals surface area contributed by atoms with Crippen molar-refractivity contribution in [3.8, 4) is 29.0 Å². The van der Waals surface area contributed by atoms with E-state index in [1.165, 1.54) is 10.9 Å². The van der Waals surface area contributed by atoms with Crippen LogP contribution in [0.3, 0.4) is 0 Å². The van der Waals surface area contributed by atoms with Gasteiger partial charge in [-0.05, 0) is 26.0 Å². The molecular weight excluding hydrogens is 374 g/mol. The highest BCUT2D eigenvalue weighted by molar-refractivity contribution is 5.92. The van der Waals surface area contributed by atoms with Gasteiger partial charge in [0.15, 0.2) is 11.6 Å². The Bertz CT molecular complexity index is 1180. The minimum atomic E-state index is -0.754. The molecule has 0 aliphatic carbocycles. The summed E-state index contributed by atoms with van der Waals surface area (Å²) in [6, 6.07) is 7.41. The molecule has 3 aromatic rings. The van der Waals surface area contributed by atoms with E-state index < -0.39 is 12.2 Å². The maximum atomic E-state index is 12.5. The van der Waals surface area contributed by atoms with E-state index in [1.54, 1.807) is 20.0 Å². The summed E-state index contributed by atoms with van der Waals surface area (Å²) in [6.07, 6.45) is 0.105. The zero-order valence-electron chi connectivity index (χ0n) is 15.9. The molecule has 0 saturated heterocycles. The van der Waals surface area contributed by atoms with E-state index in [4.69, 9.17) is 15.2 Å². The Morgan fingerprint density at radius 2 is 2.17 bits per heavy atom. The van der Waals surface area contributed by atoms with E-state index in [-0.39, 0.29) is 28.9 Å². The third-order valence-electron chi connectivity index (χ3n) is 4.49. The van der Waals surface area contributed by atoms with Gasteiger partial charge >= 0.3 is 6.09 Å². The van der Waals surface area contributed by atoms with Crippen molar-refractivity contribution >= 4 is 17.7 Å². The second-order valence-corrected chi connectivity index (χ2v) is 6.57. The Labute approximate surface area is 165 Å². The number of nitriles is 1. The minimum absolute atomic E-state index is 0.0979. The summed E-state index contributed by atoms with van der Waals surface area (Å²) in [6.45, 7) is 3.71. The first-order chi connectivity index (χ1) is 13.9. The monoisotopic (exact) mass is 391 g/mol. The number of hydrogen-bond acceptors (Lipinski definition) is 8. The van der Waals surface area contributed by atoms with Gasteiger partial charge < -0.3 is 15.2 Å².